The molecule has 0 saturated carbocycles. The summed E-state index contributed by atoms with van der Waals surface area (Å²) >= 11 is 0. The Morgan fingerprint density at radius 3 is 2.50 bits per heavy atom. The van der Waals surface area contributed by atoms with Crippen LogP contribution >= 0.6 is 0 Å². The van der Waals surface area contributed by atoms with Crippen molar-refractivity contribution >= 4 is 5.97 Å². The van der Waals surface area contributed by atoms with Crippen molar-refractivity contribution in [3.05, 3.63) is 42.4 Å². The van der Waals surface area contributed by atoms with E-state index in [4.69, 9.17) is 9.84 Å². The van der Waals surface area contributed by atoms with E-state index < -0.39 is 5.97 Å². The van der Waals surface area contributed by atoms with E-state index in [1.165, 1.54) is 12.4 Å². The van der Waals surface area contributed by atoms with Gasteiger partial charge in [-0.3, -0.25) is 0 Å². The SMILES string of the molecule is O=C(O)c1cnc(Oc2ccccn2)nc1. The van der Waals surface area contributed by atoms with Crippen LogP contribution in [-0.2, 0) is 0 Å². The lowest BCUT2D eigenvalue weighted by Crippen LogP contribution is -2.00. The molecule has 0 amide bonds. The highest BCUT2D eigenvalue weighted by Crippen LogP contribution is 2.12. The molecule has 0 aliphatic rings. The summed E-state index contributed by atoms with van der Waals surface area (Å²) in [5.41, 5.74) is 0.00775. The zero-order valence-electron chi connectivity index (χ0n) is 8.07. The molecule has 0 fully saturated rings. The molecule has 6 heteroatoms. The first-order valence-electron chi connectivity index (χ1n) is 4.40. The molecule has 16 heavy (non-hydrogen) atoms. The van der Waals surface area contributed by atoms with Crippen molar-refractivity contribution in [2.24, 2.45) is 0 Å². The summed E-state index contributed by atoms with van der Waals surface area (Å²) in [7, 11) is 0. The van der Waals surface area contributed by atoms with E-state index in [0.717, 1.165) is 0 Å². The van der Waals surface area contributed by atoms with E-state index in [2.05, 4.69) is 15.0 Å². The van der Waals surface area contributed by atoms with Gasteiger partial charge < -0.3 is 9.84 Å². The van der Waals surface area contributed by atoms with Crippen LogP contribution in [0.25, 0.3) is 0 Å². The van der Waals surface area contributed by atoms with Crippen LogP contribution < -0.4 is 4.74 Å². The van der Waals surface area contributed by atoms with Gasteiger partial charge in [0.05, 0.1) is 5.56 Å². The average Bonchev–Trinajstić information content (AvgIpc) is 2.31. The van der Waals surface area contributed by atoms with E-state index in [1.807, 2.05) is 0 Å². The van der Waals surface area contributed by atoms with Gasteiger partial charge in [0.15, 0.2) is 0 Å². The van der Waals surface area contributed by atoms with Crippen molar-refractivity contribution in [3.8, 4) is 11.9 Å². The molecule has 80 valence electrons. The second-order valence-electron chi connectivity index (χ2n) is 2.83. The van der Waals surface area contributed by atoms with Gasteiger partial charge in [0.1, 0.15) is 0 Å². The molecule has 0 aromatic carbocycles. The molecule has 1 N–H and O–H groups in total. The van der Waals surface area contributed by atoms with Crippen LogP contribution in [0, 0.1) is 0 Å². The van der Waals surface area contributed by atoms with Gasteiger partial charge in [0.2, 0.25) is 5.88 Å². The molecule has 0 atom stereocenters. The van der Waals surface area contributed by atoms with Crippen molar-refractivity contribution in [2.45, 2.75) is 0 Å². The lowest BCUT2D eigenvalue weighted by atomic mass is 10.4. The van der Waals surface area contributed by atoms with Crippen LogP contribution in [0.15, 0.2) is 36.8 Å². The first-order valence-corrected chi connectivity index (χ1v) is 4.40. The number of rotatable bonds is 3. The van der Waals surface area contributed by atoms with Gasteiger partial charge in [0.25, 0.3) is 0 Å². The Kier molecular flexibility index (Phi) is 2.73. The number of ether oxygens (including phenoxy) is 1. The van der Waals surface area contributed by atoms with Gasteiger partial charge in [-0.2, -0.15) is 0 Å². The fourth-order valence-electron chi connectivity index (χ4n) is 0.980. The number of aromatic carboxylic acids is 1. The number of carboxylic acid groups (broad SMARTS) is 1. The number of hydrogen-bond acceptors (Lipinski definition) is 5. The standard InChI is InChI=1S/C10H7N3O3/c14-9(15)7-5-12-10(13-6-7)16-8-3-1-2-4-11-8/h1-6H,(H,14,15). The largest absolute Gasteiger partial charge is 0.478 e. The second kappa shape index (κ2) is 4.35. The maximum Gasteiger partial charge on any atom is 0.338 e. The normalized spacial score (nSPS) is 9.75. The third-order valence-corrected chi connectivity index (χ3v) is 1.71. The monoisotopic (exact) mass is 217 g/mol. The topological polar surface area (TPSA) is 85.2 Å². The molecule has 0 aliphatic heterocycles. The molecule has 6 nitrogen and oxygen atoms in total. The molecule has 2 rings (SSSR count). The molecule has 2 aromatic heterocycles. The van der Waals surface area contributed by atoms with Crippen molar-refractivity contribution < 1.29 is 14.6 Å². The molecule has 2 heterocycles. The van der Waals surface area contributed by atoms with Gasteiger partial charge in [-0.15, -0.1) is 0 Å². The summed E-state index contributed by atoms with van der Waals surface area (Å²) in [5, 5.41) is 8.63. The molecule has 0 radical (unpaired) electrons. The zero-order chi connectivity index (χ0) is 11.4. The van der Waals surface area contributed by atoms with E-state index in [1.54, 1.807) is 24.4 Å². The molecule has 0 bridgehead atoms. The van der Waals surface area contributed by atoms with Crippen LogP contribution in [-0.4, -0.2) is 26.0 Å². The summed E-state index contributed by atoms with van der Waals surface area (Å²) in [4.78, 5) is 21.9. The predicted octanol–water partition coefficient (Wildman–Crippen LogP) is 1.36. The Balaban J connectivity index is 2.14. The summed E-state index contributed by atoms with van der Waals surface area (Å²) in [6.45, 7) is 0. The van der Waals surface area contributed by atoms with Gasteiger partial charge in [0, 0.05) is 24.7 Å². The van der Waals surface area contributed by atoms with Crippen LogP contribution in [0.5, 0.6) is 11.9 Å². The smallest absolute Gasteiger partial charge is 0.338 e. The Morgan fingerprint density at radius 1 is 1.19 bits per heavy atom. The molecule has 0 spiro atoms. The van der Waals surface area contributed by atoms with Gasteiger partial charge >= 0.3 is 12.0 Å². The molecule has 0 unspecified atom stereocenters. The number of aromatic nitrogens is 3. The predicted molar refractivity (Wildman–Crippen MR) is 53.3 cm³/mol. The second-order valence-corrected chi connectivity index (χ2v) is 2.83. The van der Waals surface area contributed by atoms with E-state index >= 15 is 0 Å². The van der Waals surface area contributed by atoms with Crippen molar-refractivity contribution in [1.29, 1.82) is 0 Å². The molecule has 0 saturated heterocycles. The summed E-state index contributed by atoms with van der Waals surface area (Å²) < 4.78 is 5.19. The van der Waals surface area contributed by atoms with Crippen LogP contribution in [0.4, 0.5) is 0 Å². The highest BCUT2D eigenvalue weighted by molar-refractivity contribution is 5.86. The van der Waals surface area contributed by atoms with Crippen molar-refractivity contribution in [3.63, 3.8) is 0 Å². The number of hydrogen-bond donors (Lipinski definition) is 1. The van der Waals surface area contributed by atoms with E-state index in [0.29, 0.717) is 5.88 Å². The molecular formula is C10H7N3O3. The van der Waals surface area contributed by atoms with Crippen LogP contribution in [0.2, 0.25) is 0 Å². The third kappa shape index (κ3) is 2.30. The van der Waals surface area contributed by atoms with Crippen molar-refractivity contribution in [1.82, 2.24) is 15.0 Å². The number of carboxylic acids is 1. The lowest BCUT2D eigenvalue weighted by molar-refractivity contribution is 0.0696. The average molecular weight is 217 g/mol. The minimum atomic E-state index is -1.08. The number of carbonyl (C=O) groups is 1. The Hall–Kier alpha value is -2.50. The highest BCUT2D eigenvalue weighted by atomic mass is 16.5. The fourth-order valence-corrected chi connectivity index (χ4v) is 0.980. The number of nitrogens with zero attached hydrogens (tertiary/aromatic N) is 3. The minimum Gasteiger partial charge on any atom is -0.478 e. The maximum absolute atomic E-state index is 10.5. The van der Waals surface area contributed by atoms with Gasteiger partial charge in [-0.1, -0.05) is 6.07 Å². The van der Waals surface area contributed by atoms with Crippen LogP contribution in [0.3, 0.4) is 0 Å². The highest BCUT2D eigenvalue weighted by Gasteiger charge is 2.05. The fraction of sp³-hybridized carbons (Fsp3) is 0. The Bertz CT molecular complexity index is 484. The Morgan fingerprint density at radius 2 is 1.94 bits per heavy atom. The third-order valence-electron chi connectivity index (χ3n) is 1.71. The number of pyridine rings is 1. The van der Waals surface area contributed by atoms with Crippen LogP contribution in [0.1, 0.15) is 10.4 Å². The molecular weight excluding hydrogens is 210 g/mol. The summed E-state index contributed by atoms with van der Waals surface area (Å²) in [6.07, 6.45) is 3.92. The Labute approximate surface area is 90.6 Å². The minimum absolute atomic E-state index is 0.00775. The van der Waals surface area contributed by atoms with E-state index in [-0.39, 0.29) is 11.6 Å². The van der Waals surface area contributed by atoms with Crippen molar-refractivity contribution in [2.75, 3.05) is 0 Å². The van der Waals surface area contributed by atoms with Gasteiger partial charge in [-0.25, -0.2) is 19.7 Å². The first kappa shape index (κ1) is 10.0. The summed E-state index contributed by atoms with van der Waals surface area (Å²) in [6, 6.07) is 5.22. The van der Waals surface area contributed by atoms with Gasteiger partial charge in [-0.05, 0) is 6.07 Å². The summed E-state index contributed by atoms with van der Waals surface area (Å²) in [5.74, 6) is -0.727. The zero-order valence-corrected chi connectivity index (χ0v) is 8.07. The maximum atomic E-state index is 10.5. The van der Waals surface area contributed by atoms with E-state index in [9.17, 15) is 4.79 Å². The quantitative estimate of drug-likeness (QED) is 0.835. The molecule has 2 aromatic rings. The first-order chi connectivity index (χ1) is 7.75. The lowest BCUT2D eigenvalue weighted by Gasteiger charge is -2.01. The molecule has 0 aliphatic carbocycles.